The average Bonchev–Trinajstić information content (AvgIpc) is 2.84. The third kappa shape index (κ3) is 5.40. The molecule has 0 saturated carbocycles. The molecule has 0 fully saturated rings. The van der Waals surface area contributed by atoms with Crippen molar-refractivity contribution in [2.45, 2.75) is 24.3 Å². The number of aryl methyl sites for hydroxylation is 1. The number of amides is 1. The fourth-order valence-electron chi connectivity index (χ4n) is 3.84. The van der Waals surface area contributed by atoms with Crippen LogP contribution < -0.4 is 14.9 Å². The number of benzene rings is 3. The predicted octanol–water partition coefficient (Wildman–Crippen LogP) is 3.43. The van der Waals surface area contributed by atoms with Gasteiger partial charge in [0.05, 0.1) is 23.1 Å². The van der Waals surface area contributed by atoms with Gasteiger partial charge in [-0.15, -0.1) is 0 Å². The molecule has 0 spiro atoms. The van der Waals surface area contributed by atoms with Crippen molar-refractivity contribution in [1.29, 1.82) is 5.26 Å². The Labute approximate surface area is 193 Å². The number of anilines is 2. The number of hydrogen-bond acceptors (Lipinski definition) is 5. The van der Waals surface area contributed by atoms with Gasteiger partial charge in [0, 0.05) is 24.5 Å². The third-order valence-corrected chi connectivity index (χ3v) is 6.89. The topological polar surface area (TPSA) is 102 Å². The Balaban J connectivity index is 1.41. The Morgan fingerprint density at radius 3 is 2.52 bits per heavy atom. The van der Waals surface area contributed by atoms with Crippen LogP contribution in [-0.4, -0.2) is 27.4 Å². The summed E-state index contributed by atoms with van der Waals surface area (Å²) in [6, 6.07) is 22.8. The minimum absolute atomic E-state index is 0.0396. The molecule has 1 amide bonds. The number of sulfonamides is 1. The lowest BCUT2D eigenvalue weighted by molar-refractivity contribution is -0.117. The van der Waals surface area contributed by atoms with E-state index in [9.17, 15) is 13.2 Å². The van der Waals surface area contributed by atoms with Crippen LogP contribution in [0.1, 0.15) is 23.1 Å². The molecule has 0 aliphatic carbocycles. The van der Waals surface area contributed by atoms with Gasteiger partial charge in [-0.1, -0.05) is 30.3 Å². The van der Waals surface area contributed by atoms with Crippen LogP contribution in [0.5, 0.6) is 0 Å². The summed E-state index contributed by atoms with van der Waals surface area (Å²) in [6.07, 6.45) is 1.59. The van der Waals surface area contributed by atoms with E-state index in [0.29, 0.717) is 24.3 Å². The van der Waals surface area contributed by atoms with Gasteiger partial charge in [0.1, 0.15) is 0 Å². The zero-order chi connectivity index (χ0) is 23.3. The fourth-order valence-corrected chi connectivity index (χ4v) is 4.91. The summed E-state index contributed by atoms with van der Waals surface area (Å²) in [5.74, 6) is -0.0396. The quantitative estimate of drug-likeness (QED) is 0.562. The second-order valence-corrected chi connectivity index (χ2v) is 9.51. The van der Waals surface area contributed by atoms with Crippen LogP contribution in [0.4, 0.5) is 11.4 Å². The van der Waals surface area contributed by atoms with Crippen molar-refractivity contribution < 1.29 is 13.2 Å². The maximum Gasteiger partial charge on any atom is 0.261 e. The highest BCUT2D eigenvalue weighted by Crippen LogP contribution is 2.30. The molecule has 0 aromatic heterocycles. The summed E-state index contributed by atoms with van der Waals surface area (Å²) in [5, 5.41) is 12.0. The van der Waals surface area contributed by atoms with E-state index in [2.05, 4.69) is 16.1 Å². The molecular weight excluding hydrogens is 436 g/mol. The first-order valence-corrected chi connectivity index (χ1v) is 12.2. The summed E-state index contributed by atoms with van der Waals surface area (Å²) in [5.41, 5.74) is 3.83. The van der Waals surface area contributed by atoms with Crippen molar-refractivity contribution in [3.05, 3.63) is 89.5 Å². The second kappa shape index (κ2) is 9.86. The fraction of sp³-hybridized carbons (Fsp3) is 0.200. The molecule has 0 radical (unpaired) electrons. The molecule has 7 nitrogen and oxygen atoms in total. The van der Waals surface area contributed by atoms with Gasteiger partial charge in [-0.25, -0.2) is 8.42 Å². The number of fused-ring (bicyclic) bond motifs is 1. The number of rotatable bonds is 7. The van der Waals surface area contributed by atoms with Gasteiger partial charge < -0.3 is 10.2 Å². The van der Waals surface area contributed by atoms with Crippen LogP contribution in [0.25, 0.3) is 0 Å². The lowest BCUT2D eigenvalue weighted by Gasteiger charge is -2.30. The Morgan fingerprint density at radius 2 is 1.79 bits per heavy atom. The van der Waals surface area contributed by atoms with E-state index in [4.69, 9.17) is 5.26 Å². The smallest absolute Gasteiger partial charge is 0.261 e. The van der Waals surface area contributed by atoms with Crippen LogP contribution in [0, 0.1) is 11.3 Å². The lowest BCUT2D eigenvalue weighted by Crippen LogP contribution is -2.41. The summed E-state index contributed by atoms with van der Waals surface area (Å²) in [7, 11) is -3.67. The Bertz CT molecular complexity index is 1280. The normalized spacial score (nSPS) is 13.1. The van der Waals surface area contributed by atoms with Crippen molar-refractivity contribution in [2.75, 3.05) is 22.7 Å². The first kappa shape index (κ1) is 22.5. The minimum Gasteiger partial charge on any atom is -0.311 e. The highest BCUT2D eigenvalue weighted by molar-refractivity contribution is 7.92. The average molecular weight is 461 g/mol. The monoisotopic (exact) mass is 460 g/mol. The zero-order valence-electron chi connectivity index (χ0n) is 18.0. The maximum atomic E-state index is 12.9. The molecule has 3 aromatic rings. The molecule has 2 N–H and O–H groups in total. The van der Waals surface area contributed by atoms with Crippen molar-refractivity contribution >= 4 is 27.3 Å². The number of nitriles is 1. The van der Waals surface area contributed by atoms with Crippen LogP contribution in [-0.2, 0) is 27.8 Å². The molecule has 1 aliphatic rings. The molecule has 33 heavy (non-hydrogen) atoms. The number of nitrogens with zero attached hydrogens (tertiary/aromatic N) is 2. The zero-order valence-corrected chi connectivity index (χ0v) is 18.8. The molecule has 168 valence electrons. The van der Waals surface area contributed by atoms with Crippen molar-refractivity contribution in [3.63, 3.8) is 0 Å². The van der Waals surface area contributed by atoms with Crippen molar-refractivity contribution in [1.82, 2.24) is 5.32 Å². The maximum absolute atomic E-state index is 12.9. The van der Waals surface area contributed by atoms with Crippen molar-refractivity contribution in [3.8, 4) is 6.07 Å². The largest absolute Gasteiger partial charge is 0.311 e. The van der Waals surface area contributed by atoms with Gasteiger partial charge in [0.25, 0.3) is 10.0 Å². The van der Waals surface area contributed by atoms with Crippen LogP contribution >= 0.6 is 0 Å². The summed E-state index contributed by atoms with van der Waals surface area (Å²) in [6.45, 7) is 1.33. The van der Waals surface area contributed by atoms with Gasteiger partial charge in [-0.2, -0.15) is 5.26 Å². The molecule has 0 saturated heterocycles. The van der Waals surface area contributed by atoms with E-state index in [0.717, 1.165) is 29.7 Å². The summed E-state index contributed by atoms with van der Waals surface area (Å²) in [4.78, 5) is 14.8. The molecule has 0 unspecified atom stereocenters. The second-order valence-electron chi connectivity index (χ2n) is 7.82. The number of carbonyl (C=O) groups excluding carboxylic acids is 1. The van der Waals surface area contributed by atoms with E-state index in [1.807, 2.05) is 12.1 Å². The van der Waals surface area contributed by atoms with Gasteiger partial charge in [-0.3, -0.25) is 9.52 Å². The standard InChI is InChI=1S/C25H24N4O3S/c26-16-19-8-10-20(11-9-19)17-27-18-25(30)29-14-4-5-21-15-22(12-13-24(21)29)28-33(31,32)23-6-2-1-3-7-23/h1-3,6-13,15,27-28H,4-5,14,17-18H2. The van der Waals surface area contributed by atoms with E-state index in [1.165, 1.54) is 0 Å². The Morgan fingerprint density at radius 1 is 1.03 bits per heavy atom. The molecule has 8 heteroatoms. The third-order valence-electron chi connectivity index (χ3n) is 5.49. The molecule has 0 bridgehead atoms. The lowest BCUT2D eigenvalue weighted by atomic mass is 10.0. The number of carbonyl (C=O) groups is 1. The van der Waals surface area contributed by atoms with E-state index < -0.39 is 10.0 Å². The first-order valence-electron chi connectivity index (χ1n) is 10.7. The first-order chi connectivity index (χ1) is 16.0. The minimum atomic E-state index is -3.67. The van der Waals surface area contributed by atoms with Crippen LogP contribution in [0.15, 0.2) is 77.7 Å². The van der Waals surface area contributed by atoms with Crippen LogP contribution in [0.2, 0.25) is 0 Å². The highest BCUT2D eigenvalue weighted by Gasteiger charge is 2.23. The van der Waals surface area contributed by atoms with Gasteiger partial charge in [0.2, 0.25) is 5.91 Å². The molecule has 1 heterocycles. The van der Waals surface area contributed by atoms with Crippen molar-refractivity contribution in [2.24, 2.45) is 0 Å². The van der Waals surface area contributed by atoms with Gasteiger partial charge in [0.15, 0.2) is 0 Å². The van der Waals surface area contributed by atoms with Crippen LogP contribution in [0.3, 0.4) is 0 Å². The molecule has 1 aliphatic heterocycles. The Hall–Kier alpha value is -3.67. The van der Waals surface area contributed by atoms with E-state index in [-0.39, 0.29) is 17.3 Å². The SMILES string of the molecule is N#Cc1ccc(CNCC(=O)N2CCCc3cc(NS(=O)(=O)c4ccccc4)ccc32)cc1. The van der Waals surface area contributed by atoms with E-state index in [1.54, 1.807) is 65.6 Å². The van der Waals surface area contributed by atoms with Gasteiger partial charge >= 0.3 is 0 Å². The summed E-state index contributed by atoms with van der Waals surface area (Å²) >= 11 is 0. The molecular formula is C25H24N4O3S. The number of nitrogens with one attached hydrogen (secondary N) is 2. The van der Waals surface area contributed by atoms with Gasteiger partial charge in [-0.05, 0) is 66.4 Å². The highest BCUT2D eigenvalue weighted by atomic mass is 32.2. The molecule has 3 aromatic carbocycles. The molecule has 0 atom stereocenters. The summed E-state index contributed by atoms with van der Waals surface area (Å²) < 4.78 is 27.9. The Kier molecular flexibility index (Phi) is 6.73. The number of hydrogen-bond donors (Lipinski definition) is 2. The van der Waals surface area contributed by atoms with E-state index >= 15 is 0 Å². The predicted molar refractivity (Wildman–Crippen MR) is 127 cm³/mol. The molecule has 4 rings (SSSR count).